The Bertz CT molecular complexity index is 474. The van der Waals surface area contributed by atoms with Gasteiger partial charge in [-0.25, -0.2) is 5.54 Å². The summed E-state index contributed by atoms with van der Waals surface area (Å²) in [4.78, 5) is 4.14. The van der Waals surface area contributed by atoms with Gasteiger partial charge in [-0.3, -0.25) is 4.98 Å². The van der Waals surface area contributed by atoms with E-state index in [0.717, 1.165) is 5.56 Å². The van der Waals surface area contributed by atoms with Crippen molar-refractivity contribution < 1.29 is 4.48 Å². The van der Waals surface area contributed by atoms with Crippen LogP contribution < -0.4 is 5.54 Å². The van der Waals surface area contributed by atoms with Crippen molar-refractivity contribution in [2.24, 2.45) is 0 Å². The van der Waals surface area contributed by atoms with Gasteiger partial charge in [0.1, 0.15) is 0 Å². The highest BCUT2D eigenvalue weighted by atomic mass is 35.5. The molecule has 2 aromatic rings. The number of benzene rings is 1. The van der Waals surface area contributed by atoms with E-state index >= 15 is 0 Å². The molecule has 0 atom stereocenters. The van der Waals surface area contributed by atoms with E-state index in [9.17, 15) is 4.48 Å². The maximum atomic E-state index is 12.2. The van der Waals surface area contributed by atoms with Gasteiger partial charge >= 0.3 is 0 Å². The predicted octanol–water partition coefficient (Wildman–Crippen LogP) is 3.70. The molecule has 0 unspecified atom stereocenters. The van der Waals surface area contributed by atoms with E-state index in [1.807, 2.05) is 6.07 Å². The van der Waals surface area contributed by atoms with Crippen LogP contribution >= 0.6 is 11.6 Å². The molecule has 1 aromatic heterocycles. The van der Waals surface area contributed by atoms with Crippen LogP contribution in [0.4, 0.5) is 10.2 Å². The first-order valence-corrected chi connectivity index (χ1v) is 4.76. The highest BCUT2D eigenvalue weighted by molar-refractivity contribution is 6.33. The monoisotopic (exact) mass is 222 g/mol. The highest BCUT2D eigenvalue weighted by Gasteiger charge is 2.04. The average Bonchev–Trinajstić information content (AvgIpc) is 2.30. The number of anilines is 1. The molecule has 0 fully saturated rings. The van der Waals surface area contributed by atoms with Crippen LogP contribution in [0.2, 0.25) is 5.02 Å². The molecule has 2 rings (SSSR count). The first-order chi connectivity index (χ1) is 7.31. The van der Waals surface area contributed by atoms with E-state index in [0.29, 0.717) is 16.4 Å². The van der Waals surface area contributed by atoms with Crippen molar-refractivity contribution in [1.82, 2.24) is 4.98 Å². The van der Waals surface area contributed by atoms with Crippen LogP contribution in [0.1, 0.15) is 0 Å². The van der Waals surface area contributed by atoms with Crippen LogP contribution in [0.15, 0.2) is 42.6 Å². The van der Waals surface area contributed by atoms with Crippen molar-refractivity contribution in [2.75, 3.05) is 5.54 Å². The Balaban J connectivity index is 2.49. The summed E-state index contributed by atoms with van der Waals surface area (Å²) in [5.74, 6) is 0. The predicted molar refractivity (Wildman–Crippen MR) is 59.4 cm³/mol. The second-order valence-corrected chi connectivity index (χ2v) is 3.42. The van der Waals surface area contributed by atoms with Crippen molar-refractivity contribution in [3.63, 3.8) is 0 Å². The van der Waals surface area contributed by atoms with E-state index < -0.39 is 0 Å². The summed E-state index contributed by atoms with van der Waals surface area (Å²) >= 11 is 5.98. The summed E-state index contributed by atoms with van der Waals surface area (Å²) in [6.07, 6.45) is 1.65. The third kappa shape index (κ3) is 2.07. The number of nitrogens with zero attached hydrogens (tertiary/aromatic N) is 1. The van der Waals surface area contributed by atoms with Crippen molar-refractivity contribution in [2.45, 2.75) is 0 Å². The second-order valence-electron chi connectivity index (χ2n) is 3.01. The molecule has 0 aliphatic carbocycles. The molecule has 0 amide bonds. The van der Waals surface area contributed by atoms with Gasteiger partial charge in [-0.15, -0.1) is 4.48 Å². The van der Waals surface area contributed by atoms with Gasteiger partial charge in [0, 0.05) is 11.8 Å². The third-order valence-electron chi connectivity index (χ3n) is 2.00. The Kier molecular flexibility index (Phi) is 2.83. The molecular formula is C11H8ClFN2. The Morgan fingerprint density at radius 1 is 1.20 bits per heavy atom. The lowest BCUT2D eigenvalue weighted by Crippen LogP contribution is -1.86. The SMILES string of the molecule is FNc1cccc(-c2ncccc2Cl)c1. The van der Waals surface area contributed by atoms with Gasteiger partial charge in [0.2, 0.25) is 0 Å². The molecule has 1 N–H and O–H groups in total. The lowest BCUT2D eigenvalue weighted by Gasteiger charge is -2.04. The number of hydrogen-bond donors (Lipinski definition) is 1. The van der Waals surface area contributed by atoms with E-state index in [1.165, 1.54) is 0 Å². The number of rotatable bonds is 2. The maximum absolute atomic E-state index is 12.2. The summed E-state index contributed by atoms with van der Waals surface area (Å²) in [6, 6.07) is 10.3. The molecule has 0 aliphatic heterocycles. The van der Waals surface area contributed by atoms with Crippen molar-refractivity contribution in [3.05, 3.63) is 47.6 Å². The lowest BCUT2D eigenvalue weighted by atomic mass is 10.1. The minimum Gasteiger partial charge on any atom is -0.255 e. The fraction of sp³-hybridized carbons (Fsp3) is 0. The zero-order chi connectivity index (χ0) is 10.7. The number of pyridine rings is 1. The molecule has 76 valence electrons. The summed E-state index contributed by atoms with van der Waals surface area (Å²) in [7, 11) is 0. The largest absolute Gasteiger partial charge is 0.255 e. The van der Waals surface area contributed by atoms with Gasteiger partial charge < -0.3 is 0 Å². The molecule has 15 heavy (non-hydrogen) atoms. The van der Waals surface area contributed by atoms with Crippen LogP contribution in [0.3, 0.4) is 0 Å². The number of hydrogen-bond acceptors (Lipinski definition) is 2. The minimum atomic E-state index is 0.384. The van der Waals surface area contributed by atoms with Gasteiger partial charge in [0.05, 0.1) is 16.4 Å². The van der Waals surface area contributed by atoms with Crippen LogP contribution in [-0.4, -0.2) is 4.98 Å². The Morgan fingerprint density at radius 3 is 2.80 bits per heavy atom. The van der Waals surface area contributed by atoms with Crippen LogP contribution in [0.25, 0.3) is 11.3 Å². The molecule has 0 saturated carbocycles. The smallest absolute Gasteiger partial charge is 0.0888 e. The lowest BCUT2D eigenvalue weighted by molar-refractivity contribution is 0.618. The van der Waals surface area contributed by atoms with Crippen molar-refractivity contribution in [3.8, 4) is 11.3 Å². The molecule has 0 spiro atoms. The summed E-state index contributed by atoms with van der Waals surface area (Å²) < 4.78 is 12.2. The fourth-order valence-corrected chi connectivity index (χ4v) is 1.55. The number of aromatic nitrogens is 1. The second kappa shape index (κ2) is 4.28. The summed E-state index contributed by atoms with van der Waals surface area (Å²) in [5, 5.41) is 0.550. The van der Waals surface area contributed by atoms with E-state index in [1.54, 1.807) is 42.1 Å². The van der Waals surface area contributed by atoms with Crippen LogP contribution in [0.5, 0.6) is 0 Å². The maximum Gasteiger partial charge on any atom is 0.0888 e. The van der Waals surface area contributed by atoms with Gasteiger partial charge in [0.25, 0.3) is 0 Å². The van der Waals surface area contributed by atoms with Crippen LogP contribution in [0, 0.1) is 0 Å². The fourth-order valence-electron chi connectivity index (χ4n) is 1.32. The molecule has 1 aromatic carbocycles. The molecule has 1 heterocycles. The molecule has 0 radical (unpaired) electrons. The summed E-state index contributed by atoms with van der Waals surface area (Å²) in [6.45, 7) is 0. The Labute approximate surface area is 91.7 Å². The minimum absolute atomic E-state index is 0.384. The zero-order valence-corrected chi connectivity index (χ0v) is 8.50. The van der Waals surface area contributed by atoms with Crippen molar-refractivity contribution in [1.29, 1.82) is 0 Å². The molecule has 4 heteroatoms. The number of halogens is 2. The molecule has 0 aliphatic rings. The average molecular weight is 223 g/mol. The van der Waals surface area contributed by atoms with E-state index in [4.69, 9.17) is 11.6 Å². The van der Waals surface area contributed by atoms with Gasteiger partial charge in [-0.05, 0) is 24.3 Å². The highest BCUT2D eigenvalue weighted by Crippen LogP contribution is 2.26. The third-order valence-corrected chi connectivity index (χ3v) is 2.31. The Morgan fingerprint density at radius 2 is 2.07 bits per heavy atom. The first-order valence-electron chi connectivity index (χ1n) is 4.39. The van der Waals surface area contributed by atoms with Gasteiger partial charge in [-0.2, -0.15) is 0 Å². The normalized spacial score (nSPS) is 10.0. The Hall–Kier alpha value is -1.61. The van der Waals surface area contributed by atoms with E-state index in [-0.39, 0.29) is 0 Å². The first kappa shape index (κ1) is 9.93. The quantitative estimate of drug-likeness (QED) is 0.784. The number of nitrogens with one attached hydrogen (secondary N) is 1. The van der Waals surface area contributed by atoms with Gasteiger partial charge in [-0.1, -0.05) is 23.7 Å². The molecule has 0 bridgehead atoms. The van der Waals surface area contributed by atoms with Crippen LogP contribution in [-0.2, 0) is 0 Å². The molecule has 0 saturated heterocycles. The standard InChI is InChI=1S/C11H8ClFN2/c12-10-5-2-6-14-11(10)8-3-1-4-9(7-8)15-13/h1-7,15H. The van der Waals surface area contributed by atoms with Crippen molar-refractivity contribution >= 4 is 17.3 Å². The van der Waals surface area contributed by atoms with E-state index in [2.05, 4.69) is 4.98 Å². The zero-order valence-electron chi connectivity index (χ0n) is 7.74. The molecular weight excluding hydrogens is 215 g/mol. The topological polar surface area (TPSA) is 24.9 Å². The van der Waals surface area contributed by atoms with Gasteiger partial charge in [0.15, 0.2) is 0 Å². The molecule has 2 nitrogen and oxygen atoms in total. The summed E-state index contributed by atoms with van der Waals surface area (Å²) in [5.41, 5.74) is 3.40.